The summed E-state index contributed by atoms with van der Waals surface area (Å²) in [6, 6.07) is 4.94. The summed E-state index contributed by atoms with van der Waals surface area (Å²) in [7, 11) is 1.55. The van der Waals surface area contributed by atoms with Crippen LogP contribution in [0.25, 0.3) is 10.9 Å². The average Bonchev–Trinajstić information content (AvgIpc) is 2.54. The van der Waals surface area contributed by atoms with Crippen LogP contribution in [0.1, 0.15) is 12.8 Å². The molecule has 1 aliphatic rings. The second-order valence-corrected chi connectivity index (χ2v) is 6.63. The first kappa shape index (κ1) is 15.4. The summed E-state index contributed by atoms with van der Waals surface area (Å²) in [4.78, 5) is 6.72. The van der Waals surface area contributed by atoms with Crippen LogP contribution in [-0.4, -0.2) is 37.2 Å². The maximum atomic E-state index is 13.9. The number of benzene rings is 1. The molecule has 0 amide bonds. The van der Waals surface area contributed by atoms with Gasteiger partial charge in [-0.2, -0.15) is 11.8 Å². The van der Waals surface area contributed by atoms with Gasteiger partial charge in [0.15, 0.2) is 0 Å². The van der Waals surface area contributed by atoms with E-state index in [0.29, 0.717) is 5.75 Å². The summed E-state index contributed by atoms with van der Waals surface area (Å²) in [6.45, 7) is 2.03. The zero-order valence-corrected chi connectivity index (χ0v) is 13.8. The van der Waals surface area contributed by atoms with Crippen molar-refractivity contribution in [3.05, 3.63) is 30.2 Å². The van der Waals surface area contributed by atoms with E-state index in [-0.39, 0.29) is 5.82 Å². The molecule has 0 N–H and O–H groups in total. The Balaban J connectivity index is 1.93. The van der Waals surface area contributed by atoms with Gasteiger partial charge in [0.1, 0.15) is 17.1 Å². The Hall–Kier alpha value is -1.49. The maximum Gasteiger partial charge on any atom is 0.148 e. The first-order valence-electron chi connectivity index (χ1n) is 7.59. The molecule has 118 valence electrons. The van der Waals surface area contributed by atoms with Crippen LogP contribution in [0, 0.1) is 11.7 Å². The van der Waals surface area contributed by atoms with Crippen LogP contribution in [0.15, 0.2) is 24.4 Å². The van der Waals surface area contributed by atoms with E-state index in [1.54, 1.807) is 19.4 Å². The lowest BCUT2D eigenvalue weighted by Gasteiger charge is -2.34. The number of fused-ring (bicyclic) bond motifs is 1. The van der Waals surface area contributed by atoms with E-state index in [0.717, 1.165) is 35.6 Å². The molecule has 1 aromatic carbocycles. The quantitative estimate of drug-likeness (QED) is 0.851. The number of halogens is 1. The lowest BCUT2D eigenvalue weighted by atomic mass is 9.98. The molecule has 1 fully saturated rings. The Morgan fingerprint density at radius 2 is 2.14 bits per heavy atom. The Morgan fingerprint density at radius 1 is 1.36 bits per heavy atom. The van der Waals surface area contributed by atoms with Gasteiger partial charge < -0.3 is 9.64 Å². The fraction of sp³-hybridized carbons (Fsp3) is 0.471. The molecule has 0 radical (unpaired) electrons. The Kier molecular flexibility index (Phi) is 4.71. The van der Waals surface area contributed by atoms with Crippen molar-refractivity contribution in [3.8, 4) is 5.75 Å². The molecule has 5 heteroatoms. The van der Waals surface area contributed by atoms with Crippen molar-refractivity contribution in [3.63, 3.8) is 0 Å². The van der Waals surface area contributed by atoms with Gasteiger partial charge in [0.2, 0.25) is 0 Å². The van der Waals surface area contributed by atoms with Gasteiger partial charge in [-0.3, -0.25) is 4.98 Å². The van der Waals surface area contributed by atoms with Crippen LogP contribution in [0.2, 0.25) is 0 Å². The fourth-order valence-electron chi connectivity index (χ4n) is 3.18. The number of hydrogen-bond donors (Lipinski definition) is 0. The predicted molar refractivity (Wildman–Crippen MR) is 91.6 cm³/mol. The lowest BCUT2D eigenvalue weighted by molar-refractivity contribution is 0.415. The normalized spacial score (nSPS) is 16.2. The number of piperidine rings is 1. The van der Waals surface area contributed by atoms with Crippen molar-refractivity contribution in [2.75, 3.05) is 37.1 Å². The molecule has 0 atom stereocenters. The molecule has 2 aromatic rings. The van der Waals surface area contributed by atoms with Crippen LogP contribution in [0.4, 0.5) is 10.1 Å². The molecule has 22 heavy (non-hydrogen) atoms. The van der Waals surface area contributed by atoms with Crippen LogP contribution >= 0.6 is 11.8 Å². The van der Waals surface area contributed by atoms with Crippen molar-refractivity contribution in [1.82, 2.24) is 4.98 Å². The summed E-state index contributed by atoms with van der Waals surface area (Å²) in [5.74, 6) is 2.24. The minimum Gasteiger partial charge on any atom is -0.494 e. The van der Waals surface area contributed by atoms with Gasteiger partial charge in [0.25, 0.3) is 0 Å². The molecule has 1 saturated heterocycles. The van der Waals surface area contributed by atoms with Gasteiger partial charge in [0.05, 0.1) is 7.11 Å². The van der Waals surface area contributed by atoms with Gasteiger partial charge in [-0.15, -0.1) is 0 Å². The summed E-state index contributed by atoms with van der Waals surface area (Å²) >= 11 is 1.92. The van der Waals surface area contributed by atoms with Crippen LogP contribution < -0.4 is 9.64 Å². The second kappa shape index (κ2) is 6.73. The van der Waals surface area contributed by atoms with Crippen molar-refractivity contribution < 1.29 is 9.13 Å². The van der Waals surface area contributed by atoms with Crippen molar-refractivity contribution in [2.24, 2.45) is 5.92 Å². The standard InChI is InChI=1S/C17H21FN2OS/c1-21-16-10-13(18)9-14-15(3-6-19-17(14)16)20-7-4-12(5-8-20)11-22-2/h3,6,9-10,12H,4-5,7-8,11H2,1-2H3. The third-order valence-corrected chi connectivity index (χ3v) is 5.13. The number of methoxy groups -OCH3 is 1. The highest BCUT2D eigenvalue weighted by molar-refractivity contribution is 7.98. The molecule has 0 unspecified atom stereocenters. The van der Waals surface area contributed by atoms with Gasteiger partial charge in [-0.1, -0.05) is 0 Å². The number of ether oxygens (including phenoxy) is 1. The predicted octanol–water partition coefficient (Wildman–Crippen LogP) is 3.96. The van der Waals surface area contributed by atoms with E-state index in [1.165, 1.54) is 24.7 Å². The molecule has 3 nitrogen and oxygen atoms in total. The molecule has 3 rings (SSSR count). The number of aromatic nitrogens is 1. The van der Waals surface area contributed by atoms with Gasteiger partial charge in [-0.05, 0) is 42.9 Å². The Bertz CT molecular complexity index is 656. The molecule has 0 bridgehead atoms. The maximum absolute atomic E-state index is 13.9. The number of hydrogen-bond acceptors (Lipinski definition) is 4. The summed E-state index contributed by atoms with van der Waals surface area (Å²) in [5, 5.41) is 0.836. The smallest absolute Gasteiger partial charge is 0.148 e. The molecular formula is C17H21FN2OS. The van der Waals surface area contributed by atoms with E-state index in [2.05, 4.69) is 16.1 Å². The van der Waals surface area contributed by atoms with Crippen LogP contribution in [-0.2, 0) is 0 Å². The molecule has 1 aromatic heterocycles. The largest absolute Gasteiger partial charge is 0.494 e. The third kappa shape index (κ3) is 3.00. The highest BCUT2D eigenvalue weighted by Crippen LogP contribution is 2.34. The zero-order valence-electron chi connectivity index (χ0n) is 13.0. The van der Waals surface area contributed by atoms with Crippen LogP contribution in [0.5, 0.6) is 5.75 Å². The molecule has 0 saturated carbocycles. The minimum absolute atomic E-state index is 0.282. The summed E-state index contributed by atoms with van der Waals surface area (Å²) in [5.41, 5.74) is 1.79. The first-order chi connectivity index (χ1) is 10.7. The van der Waals surface area contributed by atoms with E-state index in [1.807, 2.05) is 17.8 Å². The Morgan fingerprint density at radius 3 is 2.82 bits per heavy atom. The summed E-state index contributed by atoms with van der Waals surface area (Å²) < 4.78 is 19.1. The molecular weight excluding hydrogens is 299 g/mol. The number of nitrogens with zero attached hydrogens (tertiary/aromatic N) is 2. The molecule has 0 spiro atoms. The zero-order chi connectivity index (χ0) is 15.5. The molecule has 1 aliphatic heterocycles. The molecule has 0 aliphatic carbocycles. The van der Waals surface area contributed by atoms with Gasteiger partial charge in [0, 0.05) is 36.4 Å². The highest BCUT2D eigenvalue weighted by Gasteiger charge is 2.21. The van der Waals surface area contributed by atoms with Crippen molar-refractivity contribution in [1.29, 1.82) is 0 Å². The van der Waals surface area contributed by atoms with E-state index < -0.39 is 0 Å². The molecule has 2 heterocycles. The number of rotatable bonds is 4. The number of thioether (sulfide) groups is 1. The van der Waals surface area contributed by atoms with E-state index >= 15 is 0 Å². The average molecular weight is 320 g/mol. The van der Waals surface area contributed by atoms with Crippen LogP contribution in [0.3, 0.4) is 0 Å². The SMILES string of the molecule is COc1cc(F)cc2c(N3CCC(CSC)CC3)ccnc12. The number of pyridine rings is 1. The topological polar surface area (TPSA) is 25.4 Å². The third-order valence-electron chi connectivity index (χ3n) is 4.33. The van der Waals surface area contributed by atoms with Crippen molar-refractivity contribution in [2.45, 2.75) is 12.8 Å². The van der Waals surface area contributed by atoms with Gasteiger partial charge >= 0.3 is 0 Å². The summed E-state index contributed by atoms with van der Waals surface area (Å²) in [6.07, 6.45) is 6.33. The fourth-order valence-corrected chi connectivity index (χ4v) is 3.99. The van der Waals surface area contributed by atoms with Gasteiger partial charge in [-0.25, -0.2) is 4.39 Å². The minimum atomic E-state index is -0.282. The lowest BCUT2D eigenvalue weighted by Crippen LogP contribution is -2.34. The first-order valence-corrected chi connectivity index (χ1v) is 8.98. The Labute approximate surface area is 134 Å². The number of anilines is 1. The van der Waals surface area contributed by atoms with Crippen molar-refractivity contribution >= 4 is 28.4 Å². The van der Waals surface area contributed by atoms with E-state index in [9.17, 15) is 4.39 Å². The second-order valence-electron chi connectivity index (χ2n) is 5.72. The van der Waals surface area contributed by atoms with E-state index in [4.69, 9.17) is 4.74 Å². The highest BCUT2D eigenvalue weighted by atomic mass is 32.2. The monoisotopic (exact) mass is 320 g/mol.